The average Bonchev–Trinajstić information content (AvgIpc) is 2.63. The van der Waals surface area contributed by atoms with Gasteiger partial charge in [0.15, 0.2) is 0 Å². The lowest BCUT2D eigenvalue weighted by molar-refractivity contribution is 0.0821. The second-order valence-corrected chi connectivity index (χ2v) is 5.31. The molecule has 0 amide bonds. The fraction of sp³-hybridized carbons (Fsp3) is 0.600. The highest BCUT2D eigenvalue weighted by atomic mass is 16.5. The van der Waals surface area contributed by atoms with Crippen LogP contribution in [-0.2, 0) is 11.2 Å². The summed E-state index contributed by atoms with van der Waals surface area (Å²) in [5, 5.41) is 3.51. The van der Waals surface area contributed by atoms with Gasteiger partial charge in [-0.15, -0.1) is 0 Å². The van der Waals surface area contributed by atoms with Crippen LogP contribution in [0.15, 0.2) is 18.2 Å². The van der Waals surface area contributed by atoms with E-state index < -0.39 is 0 Å². The Hall–Kier alpha value is -1.22. The molecule has 1 aromatic carbocycles. The molecule has 1 aromatic rings. The smallest absolute Gasteiger partial charge is 0.0721 e. The standard InChI is InChI=1S/C15H22N2O/c1-12-11-17(9-4-10-18-12)15-7-2-6-14-13(15)5-3-8-16-14/h2,6-7,12,16H,3-5,8-11H2,1H3. The first-order valence-electron chi connectivity index (χ1n) is 7.07. The summed E-state index contributed by atoms with van der Waals surface area (Å²) < 4.78 is 5.74. The van der Waals surface area contributed by atoms with Crippen molar-refractivity contribution in [2.75, 3.05) is 36.5 Å². The minimum absolute atomic E-state index is 0.333. The third kappa shape index (κ3) is 2.32. The Kier molecular flexibility index (Phi) is 3.41. The van der Waals surface area contributed by atoms with Crippen LogP contribution in [-0.4, -0.2) is 32.3 Å². The lowest BCUT2D eigenvalue weighted by Gasteiger charge is -2.30. The van der Waals surface area contributed by atoms with Crippen molar-refractivity contribution in [3.8, 4) is 0 Å². The lowest BCUT2D eigenvalue weighted by atomic mass is 10.0. The van der Waals surface area contributed by atoms with Crippen LogP contribution in [0.3, 0.4) is 0 Å². The molecule has 2 heterocycles. The molecule has 1 fully saturated rings. The first kappa shape index (κ1) is 11.8. The molecule has 0 bridgehead atoms. The Morgan fingerprint density at radius 2 is 2.28 bits per heavy atom. The molecule has 1 N–H and O–H groups in total. The van der Waals surface area contributed by atoms with Crippen LogP contribution in [0.2, 0.25) is 0 Å². The van der Waals surface area contributed by atoms with Gasteiger partial charge in [-0.2, -0.15) is 0 Å². The molecule has 3 heteroatoms. The summed E-state index contributed by atoms with van der Waals surface area (Å²) in [6.07, 6.45) is 3.90. The number of nitrogens with one attached hydrogen (secondary N) is 1. The zero-order valence-electron chi connectivity index (χ0n) is 11.1. The summed E-state index contributed by atoms with van der Waals surface area (Å²) in [4.78, 5) is 2.50. The highest BCUT2D eigenvalue weighted by molar-refractivity contribution is 5.68. The molecule has 0 spiro atoms. The van der Waals surface area contributed by atoms with E-state index in [4.69, 9.17) is 4.74 Å². The molecule has 0 saturated carbocycles. The molecule has 18 heavy (non-hydrogen) atoms. The van der Waals surface area contributed by atoms with E-state index in [9.17, 15) is 0 Å². The third-order valence-electron chi connectivity index (χ3n) is 3.86. The van der Waals surface area contributed by atoms with Crippen molar-refractivity contribution in [2.45, 2.75) is 32.3 Å². The minimum atomic E-state index is 0.333. The number of hydrogen-bond acceptors (Lipinski definition) is 3. The Morgan fingerprint density at radius 1 is 1.33 bits per heavy atom. The Balaban J connectivity index is 1.90. The molecule has 1 unspecified atom stereocenters. The largest absolute Gasteiger partial charge is 0.385 e. The van der Waals surface area contributed by atoms with Crippen molar-refractivity contribution >= 4 is 11.4 Å². The summed E-state index contributed by atoms with van der Waals surface area (Å²) in [6, 6.07) is 6.64. The molecule has 1 atom stereocenters. The van der Waals surface area contributed by atoms with E-state index in [1.165, 1.54) is 29.8 Å². The van der Waals surface area contributed by atoms with Crippen molar-refractivity contribution in [3.63, 3.8) is 0 Å². The Morgan fingerprint density at radius 3 is 3.22 bits per heavy atom. The number of hydrogen-bond donors (Lipinski definition) is 1. The molecular weight excluding hydrogens is 224 g/mol. The predicted octanol–water partition coefficient (Wildman–Crippen LogP) is 2.66. The Labute approximate surface area is 109 Å². The Bertz CT molecular complexity index is 419. The second-order valence-electron chi connectivity index (χ2n) is 5.31. The van der Waals surface area contributed by atoms with E-state index in [0.717, 1.165) is 32.7 Å². The fourth-order valence-corrected chi connectivity index (χ4v) is 3.00. The first-order chi connectivity index (χ1) is 8.84. The van der Waals surface area contributed by atoms with Crippen LogP contribution >= 0.6 is 0 Å². The molecule has 0 aromatic heterocycles. The average molecular weight is 246 g/mol. The number of ether oxygens (including phenoxy) is 1. The van der Waals surface area contributed by atoms with E-state index in [1.54, 1.807) is 0 Å². The number of nitrogens with zero attached hydrogens (tertiary/aromatic N) is 1. The zero-order valence-corrected chi connectivity index (χ0v) is 11.1. The van der Waals surface area contributed by atoms with Gasteiger partial charge in [0.2, 0.25) is 0 Å². The first-order valence-corrected chi connectivity index (χ1v) is 7.07. The van der Waals surface area contributed by atoms with Gasteiger partial charge in [0, 0.05) is 37.6 Å². The monoisotopic (exact) mass is 246 g/mol. The van der Waals surface area contributed by atoms with Crippen molar-refractivity contribution in [3.05, 3.63) is 23.8 Å². The van der Waals surface area contributed by atoms with E-state index in [-0.39, 0.29) is 0 Å². The van der Waals surface area contributed by atoms with E-state index in [1.807, 2.05) is 0 Å². The van der Waals surface area contributed by atoms with Crippen molar-refractivity contribution < 1.29 is 4.74 Å². The topological polar surface area (TPSA) is 24.5 Å². The normalized spacial score (nSPS) is 24.1. The maximum absolute atomic E-state index is 5.74. The van der Waals surface area contributed by atoms with Gasteiger partial charge in [-0.3, -0.25) is 0 Å². The van der Waals surface area contributed by atoms with Crippen LogP contribution in [0.5, 0.6) is 0 Å². The van der Waals surface area contributed by atoms with Crippen LogP contribution in [0.25, 0.3) is 0 Å². The predicted molar refractivity (Wildman–Crippen MR) is 75.5 cm³/mol. The maximum atomic E-state index is 5.74. The third-order valence-corrected chi connectivity index (χ3v) is 3.86. The van der Waals surface area contributed by atoms with E-state index in [2.05, 4.69) is 35.3 Å². The highest BCUT2D eigenvalue weighted by Crippen LogP contribution is 2.32. The lowest BCUT2D eigenvalue weighted by Crippen LogP contribution is -2.31. The molecule has 2 aliphatic heterocycles. The molecule has 1 saturated heterocycles. The summed E-state index contributed by atoms with van der Waals surface area (Å²) in [6.45, 7) is 6.30. The van der Waals surface area contributed by atoms with E-state index in [0.29, 0.717) is 6.10 Å². The molecule has 0 radical (unpaired) electrons. The molecule has 98 valence electrons. The van der Waals surface area contributed by atoms with Gasteiger partial charge in [0.25, 0.3) is 0 Å². The SMILES string of the molecule is CC1CN(c2cccc3c2CCCN3)CCCO1. The second kappa shape index (κ2) is 5.19. The molecule has 0 aliphatic carbocycles. The summed E-state index contributed by atoms with van der Waals surface area (Å²) in [5.74, 6) is 0. The molecular formula is C15H22N2O. The van der Waals surface area contributed by atoms with Crippen LogP contribution in [0.4, 0.5) is 11.4 Å². The van der Waals surface area contributed by atoms with Crippen LogP contribution < -0.4 is 10.2 Å². The van der Waals surface area contributed by atoms with Crippen molar-refractivity contribution in [1.29, 1.82) is 0 Å². The number of fused-ring (bicyclic) bond motifs is 1. The molecule has 3 nitrogen and oxygen atoms in total. The maximum Gasteiger partial charge on any atom is 0.0721 e. The number of anilines is 2. The van der Waals surface area contributed by atoms with Gasteiger partial charge in [-0.05, 0) is 43.9 Å². The fourth-order valence-electron chi connectivity index (χ4n) is 3.00. The molecule has 2 aliphatic rings. The number of benzene rings is 1. The van der Waals surface area contributed by atoms with Gasteiger partial charge in [0.1, 0.15) is 0 Å². The van der Waals surface area contributed by atoms with Crippen LogP contribution in [0, 0.1) is 0 Å². The quantitative estimate of drug-likeness (QED) is 0.824. The highest BCUT2D eigenvalue weighted by Gasteiger charge is 2.20. The number of rotatable bonds is 1. The minimum Gasteiger partial charge on any atom is -0.385 e. The summed E-state index contributed by atoms with van der Waals surface area (Å²) >= 11 is 0. The van der Waals surface area contributed by atoms with E-state index >= 15 is 0 Å². The van der Waals surface area contributed by atoms with Gasteiger partial charge in [-0.1, -0.05) is 6.07 Å². The van der Waals surface area contributed by atoms with Crippen molar-refractivity contribution in [2.24, 2.45) is 0 Å². The van der Waals surface area contributed by atoms with Crippen molar-refractivity contribution in [1.82, 2.24) is 0 Å². The van der Waals surface area contributed by atoms with Gasteiger partial charge in [0.05, 0.1) is 6.10 Å². The van der Waals surface area contributed by atoms with Gasteiger partial charge < -0.3 is 15.0 Å². The summed E-state index contributed by atoms with van der Waals surface area (Å²) in [7, 11) is 0. The zero-order chi connectivity index (χ0) is 12.4. The van der Waals surface area contributed by atoms with Gasteiger partial charge in [-0.25, -0.2) is 0 Å². The van der Waals surface area contributed by atoms with Gasteiger partial charge >= 0.3 is 0 Å². The van der Waals surface area contributed by atoms with Crippen LogP contribution in [0.1, 0.15) is 25.3 Å². The molecule has 3 rings (SSSR count). The summed E-state index contributed by atoms with van der Waals surface area (Å²) in [5.41, 5.74) is 4.24.